The second-order valence-electron chi connectivity index (χ2n) is 4.52. The molecule has 0 aromatic carbocycles. The Bertz CT molecular complexity index is 481. The number of hydrogen-bond acceptors (Lipinski definition) is 5. The number of rotatable bonds is 7. The zero-order valence-electron chi connectivity index (χ0n) is 13.3. The highest BCUT2D eigenvalue weighted by molar-refractivity contribution is 14.0. The van der Waals surface area contributed by atoms with Crippen molar-refractivity contribution in [3.8, 4) is 0 Å². The molecule has 0 saturated carbocycles. The van der Waals surface area contributed by atoms with Crippen LogP contribution in [0, 0.1) is 6.92 Å². The molecular weight excluding hydrogens is 417 g/mol. The number of thiazole rings is 1. The van der Waals surface area contributed by atoms with E-state index >= 15 is 0 Å². The van der Waals surface area contributed by atoms with E-state index in [0.29, 0.717) is 30.5 Å². The highest BCUT2D eigenvalue weighted by Gasteiger charge is 2.10. The van der Waals surface area contributed by atoms with Gasteiger partial charge >= 0.3 is 0 Å². The summed E-state index contributed by atoms with van der Waals surface area (Å²) in [6.45, 7) is 5.53. The molecule has 0 bridgehead atoms. The third kappa shape index (κ3) is 7.36. The Labute approximate surface area is 152 Å². The van der Waals surface area contributed by atoms with Crippen molar-refractivity contribution in [1.29, 1.82) is 0 Å². The van der Waals surface area contributed by atoms with Crippen molar-refractivity contribution in [3.63, 3.8) is 0 Å². The fourth-order valence-corrected chi connectivity index (χ4v) is 2.40. The van der Waals surface area contributed by atoms with Crippen LogP contribution in [0.5, 0.6) is 0 Å². The molecule has 0 aliphatic heterocycles. The van der Waals surface area contributed by atoms with E-state index < -0.39 is 0 Å². The minimum atomic E-state index is -0.0903. The minimum absolute atomic E-state index is 0. The Balaban J connectivity index is 0.00000441. The van der Waals surface area contributed by atoms with Crippen LogP contribution in [-0.4, -0.2) is 56.7 Å². The number of carbonyl (C=O) groups is 1. The van der Waals surface area contributed by atoms with Gasteiger partial charge in [0.15, 0.2) is 5.96 Å². The molecule has 1 aromatic heterocycles. The number of halogens is 1. The molecule has 1 aromatic rings. The number of hydrogen-bond donors (Lipinski definition) is 3. The van der Waals surface area contributed by atoms with Gasteiger partial charge in [0.05, 0.1) is 17.8 Å². The predicted octanol–water partition coefficient (Wildman–Crippen LogP) is 0.999. The van der Waals surface area contributed by atoms with Crippen LogP contribution in [0.15, 0.2) is 10.5 Å². The van der Waals surface area contributed by atoms with E-state index in [1.807, 2.05) is 13.8 Å². The Morgan fingerprint density at radius 1 is 1.45 bits per heavy atom. The lowest BCUT2D eigenvalue weighted by Crippen LogP contribution is -2.46. The Hall–Kier alpha value is -0.940. The fourth-order valence-electron chi connectivity index (χ4n) is 1.68. The van der Waals surface area contributed by atoms with Crippen LogP contribution < -0.4 is 16.0 Å². The van der Waals surface area contributed by atoms with Gasteiger partial charge < -0.3 is 20.7 Å². The molecule has 0 aliphatic carbocycles. The van der Waals surface area contributed by atoms with Crippen LogP contribution >= 0.6 is 35.3 Å². The van der Waals surface area contributed by atoms with Crippen molar-refractivity contribution in [2.45, 2.75) is 19.9 Å². The Morgan fingerprint density at radius 3 is 2.68 bits per heavy atom. The first-order valence-electron chi connectivity index (χ1n) is 6.72. The highest BCUT2D eigenvalue weighted by atomic mass is 127. The molecule has 0 radical (unpaired) electrons. The van der Waals surface area contributed by atoms with Gasteiger partial charge in [-0.2, -0.15) is 0 Å². The topological polar surface area (TPSA) is 87.6 Å². The van der Waals surface area contributed by atoms with Gasteiger partial charge in [0.1, 0.15) is 4.88 Å². The SMILES string of the molecule is CN=C(NCCNC(=O)c1scnc1C)NC(C)COC.I. The van der Waals surface area contributed by atoms with Crippen molar-refractivity contribution in [1.82, 2.24) is 20.9 Å². The number of nitrogens with one attached hydrogen (secondary N) is 3. The summed E-state index contributed by atoms with van der Waals surface area (Å²) in [6, 6.07) is 0.163. The zero-order valence-corrected chi connectivity index (χ0v) is 16.5. The summed E-state index contributed by atoms with van der Waals surface area (Å²) in [7, 11) is 3.36. The zero-order chi connectivity index (χ0) is 15.7. The maximum Gasteiger partial charge on any atom is 0.263 e. The number of carbonyl (C=O) groups excluding carboxylic acids is 1. The molecule has 0 saturated heterocycles. The quantitative estimate of drug-likeness (QED) is 0.254. The van der Waals surface area contributed by atoms with Gasteiger partial charge in [0.2, 0.25) is 0 Å². The lowest BCUT2D eigenvalue weighted by Gasteiger charge is -2.17. The second kappa shape index (κ2) is 11.6. The standard InChI is InChI=1S/C13H23N5O2S.HI/c1-9(7-20-4)18-13(14-3)16-6-5-15-12(19)11-10(2)17-8-21-11;/h8-9H,5-7H2,1-4H3,(H,15,19)(H2,14,16,18);1H. The normalized spacial score (nSPS) is 12.3. The van der Waals surface area contributed by atoms with Gasteiger partial charge in [-0.15, -0.1) is 35.3 Å². The number of ether oxygens (including phenoxy) is 1. The summed E-state index contributed by atoms with van der Waals surface area (Å²) in [4.78, 5) is 20.7. The molecule has 1 unspecified atom stereocenters. The van der Waals surface area contributed by atoms with Crippen LogP contribution in [-0.2, 0) is 4.74 Å². The van der Waals surface area contributed by atoms with E-state index in [1.54, 1.807) is 19.7 Å². The number of aryl methyl sites for hydroxylation is 1. The molecule has 22 heavy (non-hydrogen) atoms. The number of methoxy groups -OCH3 is 1. The van der Waals surface area contributed by atoms with Crippen LogP contribution in [0.2, 0.25) is 0 Å². The van der Waals surface area contributed by atoms with Gasteiger partial charge in [-0.1, -0.05) is 0 Å². The van der Waals surface area contributed by atoms with Gasteiger partial charge in [-0.25, -0.2) is 4.98 Å². The van der Waals surface area contributed by atoms with Crippen LogP contribution in [0.25, 0.3) is 0 Å². The largest absolute Gasteiger partial charge is 0.383 e. The molecule has 7 nitrogen and oxygen atoms in total. The molecule has 9 heteroatoms. The Kier molecular flexibility index (Phi) is 11.1. The summed E-state index contributed by atoms with van der Waals surface area (Å²) in [5.41, 5.74) is 2.43. The second-order valence-corrected chi connectivity index (χ2v) is 5.38. The first-order valence-corrected chi connectivity index (χ1v) is 7.60. The van der Waals surface area contributed by atoms with Gasteiger partial charge in [-0.3, -0.25) is 9.79 Å². The number of aliphatic imine (C=N–C) groups is 1. The molecule has 0 fully saturated rings. The summed E-state index contributed by atoms with van der Waals surface area (Å²) in [5, 5.41) is 9.16. The van der Waals surface area contributed by atoms with Crippen molar-refractivity contribution in [2.24, 2.45) is 4.99 Å². The first kappa shape index (κ1) is 21.1. The van der Waals surface area contributed by atoms with E-state index in [9.17, 15) is 4.79 Å². The third-order valence-electron chi connectivity index (χ3n) is 2.68. The smallest absolute Gasteiger partial charge is 0.263 e. The van der Waals surface area contributed by atoms with Crippen molar-refractivity contribution < 1.29 is 9.53 Å². The molecule has 3 N–H and O–H groups in total. The number of amides is 1. The first-order chi connectivity index (χ1) is 10.1. The molecule has 0 spiro atoms. The van der Waals surface area contributed by atoms with E-state index in [2.05, 4.69) is 25.9 Å². The van der Waals surface area contributed by atoms with Crippen LogP contribution in [0.1, 0.15) is 22.3 Å². The lowest BCUT2D eigenvalue weighted by atomic mass is 10.3. The van der Waals surface area contributed by atoms with Crippen molar-refractivity contribution in [2.75, 3.05) is 33.9 Å². The van der Waals surface area contributed by atoms with Crippen LogP contribution in [0.4, 0.5) is 0 Å². The van der Waals surface area contributed by atoms with Gasteiger partial charge in [0, 0.05) is 33.3 Å². The fraction of sp³-hybridized carbons (Fsp3) is 0.615. The molecule has 1 heterocycles. The molecule has 1 rings (SSSR count). The maximum atomic E-state index is 11.9. The molecule has 0 aliphatic rings. The van der Waals surface area contributed by atoms with Crippen LogP contribution in [0.3, 0.4) is 0 Å². The van der Waals surface area contributed by atoms with Crippen molar-refractivity contribution >= 4 is 47.2 Å². The van der Waals surface area contributed by atoms with E-state index in [1.165, 1.54) is 11.3 Å². The minimum Gasteiger partial charge on any atom is -0.383 e. The summed E-state index contributed by atoms with van der Waals surface area (Å²) in [6.07, 6.45) is 0. The molecule has 1 amide bonds. The van der Waals surface area contributed by atoms with E-state index in [0.717, 1.165) is 5.69 Å². The van der Waals surface area contributed by atoms with E-state index in [-0.39, 0.29) is 35.9 Å². The number of nitrogens with zero attached hydrogens (tertiary/aromatic N) is 2. The monoisotopic (exact) mass is 441 g/mol. The average Bonchev–Trinajstić information content (AvgIpc) is 2.88. The lowest BCUT2D eigenvalue weighted by molar-refractivity contribution is 0.0957. The average molecular weight is 441 g/mol. The van der Waals surface area contributed by atoms with Gasteiger partial charge in [-0.05, 0) is 13.8 Å². The maximum absolute atomic E-state index is 11.9. The summed E-state index contributed by atoms with van der Waals surface area (Å²) in [5.74, 6) is 0.593. The third-order valence-corrected chi connectivity index (χ3v) is 3.61. The summed E-state index contributed by atoms with van der Waals surface area (Å²) >= 11 is 1.35. The highest BCUT2D eigenvalue weighted by Crippen LogP contribution is 2.10. The molecular formula is C13H24IN5O2S. The summed E-state index contributed by atoms with van der Waals surface area (Å²) < 4.78 is 5.05. The predicted molar refractivity (Wildman–Crippen MR) is 100 cm³/mol. The van der Waals surface area contributed by atoms with Crippen molar-refractivity contribution in [3.05, 3.63) is 16.1 Å². The number of aromatic nitrogens is 1. The molecule has 1 atom stereocenters. The Morgan fingerprint density at radius 2 is 2.14 bits per heavy atom. The van der Waals surface area contributed by atoms with E-state index in [4.69, 9.17) is 4.74 Å². The molecule has 126 valence electrons. The van der Waals surface area contributed by atoms with Gasteiger partial charge in [0.25, 0.3) is 5.91 Å². The number of guanidine groups is 1.